The number of nitrogens with one attached hydrogen (secondary N) is 3. The van der Waals surface area contributed by atoms with Crippen LogP contribution >= 0.6 is 24.0 Å². The molecule has 0 aromatic heterocycles. The van der Waals surface area contributed by atoms with Gasteiger partial charge in [0.15, 0.2) is 0 Å². The molecule has 0 atom stereocenters. The van der Waals surface area contributed by atoms with E-state index in [1.807, 2.05) is 20.8 Å². The molecule has 2 rings (SSSR count). The zero-order chi connectivity index (χ0) is 17.7. The number of rotatable bonds is 5. The number of anilines is 1. The van der Waals surface area contributed by atoms with Gasteiger partial charge in [0.2, 0.25) is 5.91 Å². The van der Waals surface area contributed by atoms with Crippen molar-refractivity contribution >= 4 is 41.5 Å². The van der Waals surface area contributed by atoms with Crippen molar-refractivity contribution in [3.05, 3.63) is 28.8 Å². The highest BCUT2D eigenvalue weighted by Gasteiger charge is 2.22. The minimum absolute atomic E-state index is 0. The first-order valence-corrected chi connectivity index (χ1v) is 8.84. The van der Waals surface area contributed by atoms with Crippen molar-refractivity contribution < 1.29 is 9.59 Å². The maximum Gasteiger partial charge on any atom is 0.253 e. The quantitative estimate of drug-likeness (QED) is 0.722. The van der Waals surface area contributed by atoms with Gasteiger partial charge in [-0.25, -0.2) is 0 Å². The Morgan fingerprint density at radius 1 is 1.28 bits per heavy atom. The second-order valence-electron chi connectivity index (χ2n) is 6.90. The summed E-state index contributed by atoms with van der Waals surface area (Å²) in [5, 5.41) is 9.43. The lowest BCUT2D eigenvalue weighted by atomic mass is 9.97. The molecule has 1 aliphatic heterocycles. The molecule has 1 saturated heterocycles. The van der Waals surface area contributed by atoms with E-state index < -0.39 is 0 Å². The fourth-order valence-electron chi connectivity index (χ4n) is 2.57. The van der Waals surface area contributed by atoms with Gasteiger partial charge in [-0.05, 0) is 64.4 Å². The molecule has 7 heteroatoms. The van der Waals surface area contributed by atoms with Crippen LogP contribution in [-0.4, -0.2) is 30.4 Å². The molecule has 1 fully saturated rings. The van der Waals surface area contributed by atoms with Crippen LogP contribution in [0.1, 0.15) is 50.4 Å². The minimum Gasteiger partial charge on any atom is -0.347 e. The zero-order valence-electron chi connectivity index (χ0n) is 14.9. The molecular weight excluding hydrogens is 361 g/mol. The summed E-state index contributed by atoms with van der Waals surface area (Å²) in [6, 6.07) is 5.01. The molecule has 0 saturated carbocycles. The summed E-state index contributed by atoms with van der Waals surface area (Å²) in [5.74, 6) is -0.168. The Balaban J connectivity index is 0.00000312. The van der Waals surface area contributed by atoms with Gasteiger partial charge in [0.25, 0.3) is 5.91 Å². The van der Waals surface area contributed by atoms with Crippen LogP contribution in [0.15, 0.2) is 18.2 Å². The fourth-order valence-corrected chi connectivity index (χ4v) is 2.83. The van der Waals surface area contributed by atoms with Gasteiger partial charge in [-0.2, -0.15) is 0 Å². The molecule has 0 unspecified atom stereocenters. The molecule has 2 amide bonds. The molecule has 0 radical (unpaired) electrons. The lowest BCUT2D eigenvalue weighted by Gasteiger charge is -2.25. The number of amides is 2. The number of benzene rings is 1. The summed E-state index contributed by atoms with van der Waals surface area (Å²) in [6.07, 6.45) is 2.50. The maximum atomic E-state index is 12.3. The summed E-state index contributed by atoms with van der Waals surface area (Å²) < 4.78 is 0. The van der Waals surface area contributed by atoms with E-state index in [2.05, 4.69) is 16.0 Å². The van der Waals surface area contributed by atoms with Crippen LogP contribution in [0.25, 0.3) is 0 Å². The third-order valence-corrected chi connectivity index (χ3v) is 4.84. The Kier molecular flexibility index (Phi) is 8.19. The Hall–Kier alpha value is -1.30. The van der Waals surface area contributed by atoms with Gasteiger partial charge >= 0.3 is 0 Å². The smallest absolute Gasteiger partial charge is 0.253 e. The lowest BCUT2D eigenvalue weighted by Crippen LogP contribution is -2.42. The van der Waals surface area contributed by atoms with Gasteiger partial charge < -0.3 is 16.0 Å². The standard InChI is InChI=1S/C18H26ClN3O2.ClH/c1-4-18(2,3)22-17(24)14-6-5-13(11-15(14)19)21-16(23)12-7-9-20-10-8-12;/h5-6,11-12,20H,4,7-10H2,1-3H3,(H,21,23)(H,22,24);1H. The van der Waals surface area contributed by atoms with E-state index in [0.29, 0.717) is 16.3 Å². The molecule has 1 aliphatic rings. The van der Waals surface area contributed by atoms with E-state index in [9.17, 15) is 9.59 Å². The van der Waals surface area contributed by atoms with Crippen LogP contribution in [0.5, 0.6) is 0 Å². The monoisotopic (exact) mass is 387 g/mol. The van der Waals surface area contributed by atoms with E-state index in [0.717, 1.165) is 32.4 Å². The summed E-state index contributed by atoms with van der Waals surface area (Å²) in [4.78, 5) is 24.6. The zero-order valence-corrected chi connectivity index (χ0v) is 16.5. The Bertz CT molecular complexity index is 614. The van der Waals surface area contributed by atoms with Crippen LogP contribution in [0.2, 0.25) is 5.02 Å². The number of carbonyl (C=O) groups excluding carboxylic acids is 2. The van der Waals surface area contributed by atoms with Crippen LogP contribution in [-0.2, 0) is 4.79 Å². The van der Waals surface area contributed by atoms with Crippen molar-refractivity contribution in [3.63, 3.8) is 0 Å². The number of carbonyl (C=O) groups is 2. The first-order valence-electron chi connectivity index (χ1n) is 8.46. The second-order valence-corrected chi connectivity index (χ2v) is 7.31. The van der Waals surface area contributed by atoms with E-state index in [4.69, 9.17) is 11.6 Å². The average molecular weight is 388 g/mol. The van der Waals surface area contributed by atoms with E-state index in [1.165, 1.54) is 0 Å². The van der Waals surface area contributed by atoms with Crippen LogP contribution in [0.3, 0.4) is 0 Å². The van der Waals surface area contributed by atoms with Gasteiger partial charge in [-0.1, -0.05) is 18.5 Å². The van der Waals surface area contributed by atoms with Crippen molar-refractivity contribution in [2.45, 2.75) is 45.6 Å². The first kappa shape index (κ1) is 21.7. The third kappa shape index (κ3) is 6.17. The first-order chi connectivity index (χ1) is 11.3. The maximum absolute atomic E-state index is 12.3. The molecule has 1 heterocycles. The molecule has 0 spiro atoms. The highest BCUT2D eigenvalue weighted by molar-refractivity contribution is 6.34. The fraction of sp³-hybridized carbons (Fsp3) is 0.556. The van der Waals surface area contributed by atoms with Crippen molar-refractivity contribution in [3.8, 4) is 0 Å². The topological polar surface area (TPSA) is 70.2 Å². The summed E-state index contributed by atoms with van der Waals surface area (Å²) in [6.45, 7) is 7.68. The van der Waals surface area contributed by atoms with Gasteiger partial charge in [-0.3, -0.25) is 9.59 Å². The SMILES string of the molecule is CCC(C)(C)NC(=O)c1ccc(NC(=O)C2CCNCC2)cc1Cl.Cl. The van der Waals surface area contributed by atoms with Gasteiger partial charge in [0, 0.05) is 17.1 Å². The van der Waals surface area contributed by atoms with Crippen molar-refractivity contribution in [1.82, 2.24) is 10.6 Å². The second kappa shape index (κ2) is 9.41. The number of hydrogen-bond acceptors (Lipinski definition) is 3. The van der Waals surface area contributed by atoms with Crippen LogP contribution in [0.4, 0.5) is 5.69 Å². The largest absolute Gasteiger partial charge is 0.347 e. The Morgan fingerprint density at radius 3 is 2.48 bits per heavy atom. The molecular formula is C18H27Cl2N3O2. The molecule has 140 valence electrons. The van der Waals surface area contributed by atoms with Gasteiger partial charge in [-0.15, -0.1) is 12.4 Å². The van der Waals surface area contributed by atoms with Crippen LogP contribution < -0.4 is 16.0 Å². The van der Waals surface area contributed by atoms with Crippen molar-refractivity contribution in [1.29, 1.82) is 0 Å². The van der Waals surface area contributed by atoms with Crippen LogP contribution in [0, 0.1) is 5.92 Å². The highest BCUT2D eigenvalue weighted by atomic mass is 35.5. The van der Waals surface area contributed by atoms with Crippen molar-refractivity contribution in [2.24, 2.45) is 5.92 Å². The molecule has 0 aliphatic carbocycles. The van der Waals surface area contributed by atoms with Gasteiger partial charge in [0.1, 0.15) is 0 Å². The molecule has 3 N–H and O–H groups in total. The lowest BCUT2D eigenvalue weighted by molar-refractivity contribution is -0.120. The minimum atomic E-state index is -0.289. The van der Waals surface area contributed by atoms with Gasteiger partial charge in [0.05, 0.1) is 10.6 Å². The predicted molar refractivity (Wildman–Crippen MR) is 105 cm³/mol. The summed E-state index contributed by atoms with van der Waals surface area (Å²) in [5.41, 5.74) is 0.746. The number of hydrogen-bond donors (Lipinski definition) is 3. The van der Waals surface area contributed by atoms with E-state index in [-0.39, 0.29) is 35.7 Å². The molecule has 1 aromatic carbocycles. The van der Waals surface area contributed by atoms with Crippen molar-refractivity contribution in [2.75, 3.05) is 18.4 Å². The summed E-state index contributed by atoms with van der Waals surface area (Å²) >= 11 is 6.24. The number of piperidine rings is 1. The molecule has 25 heavy (non-hydrogen) atoms. The predicted octanol–water partition coefficient (Wildman–Crippen LogP) is 3.62. The number of halogens is 2. The van der Waals surface area contributed by atoms with E-state index in [1.54, 1.807) is 18.2 Å². The Morgan fingerprint density at radius 2 is 1.92 bits per heavy atom. The average Bonchev–Trinajstić information content (AvgIpc) is 2.55. The van der Waals surface area contributed by atoms with E-state index >= 15 is 0 Å². The Labute approximate surface area is 160 Å². The molecule has 0 bridgehead atoms. The highest BCUT2D eigenvalue weighted by Crippen LogP contribution is 2.23. The molecule has 1 aromatic rings. The third-order valence-electron chi connectivity index (χ3n) is 4.53. The summed E-state index contributed by atoms with van der Waals surface area (Å²) in [7, 11) is 0. The molecule has 5 nitrogen and oxygen atoms in total. The normalized spacial score (nSPS) is 15.2.